The van der Waals surface area contributed by atoms with Crippen molar-refractivity contribution in [3.05, 3.63) is 12.7 Å². The maximum atomic E-state index is 11.3. The molecule has 0 aliphatic heterocycles. The van der Waals surface area contributed by atoms with Crippen LogP contribution in [0.5, 0.6) is 0 Å². The molecule has 0 saturated heterocycles. The summed E-state index contributed by atoms with van der Waals surface area (Å²) < 4.78 is 5.39. The lowest BCUT2D eigenvalue weighted by molar-refractivity contribution is -0.159. The molecule has 2 nitrogen and oxygen atoms in total. The molecule has 4 aliphatic rings. The third-order valence-corrected chi connectivity index (χ3v) is 6.22. The van der Waals surface area contributed by atoms with E-state index >= 15 is 0 Å². The van der Waals surface area contributed by atoms with Crippen molar-refractivity contribution in [2.45, 2.75) is 52.4 Å². The average molecular weight is 262 g/mol. The molecule has 4 saturated carbocycles. The van der Waals surface area contributed by atoms with Gasteiger partial charge in [0.1, 0.15) is 0 Å². The lowest BCUT2D eigenvalue weighted by atomic mass is 9.43. The van der Waals surface area contributed by atoms with E-state index in [-0.39, 0.29) is 11.4 Å². The van der Waals surface area contributed by atoms with Crippen LogP contribution >= 0.6 is 0 Å². The van der Waals surface area contributed by atoms with Gasteiger partial charge in [0, 0.05) is 11.5 Å². The first kappa shape index (κ1) is 13.2. The van der Waals surface area contributed by atoms with E-state index in [1.165, 1.54) is 44.6 Å². The molecule has 0 radical (unpaired) electrons. The second-order valence-corrected chi connectivity index (χ2v) is 7.89. The third kappa shape index (κ3) is 2.13. The summed E-state index contributed by atoms with van der Waals surface area (Å²) in [5, 5.41) is 0. The Kier molecular flexibility index (Phi) is 3.03. The zero-order valence-electron chi connectivity index (χ0n) is 12.3. The van der Waals surface area contributed by atoms with Crippen LogP contribution in [0.1, 0.15) is 52.4 Å². The maximum absolute atomic E-state index is 11.3. The normalized spacial score (nSPS) is 40.2. The number of carbonyl (C=O) groups excluding carboxylic acids is 1. The number of ether oxygens (including phenoxy) is 1. The van der Waals surface area contributed by atoms with Gasteiger partial charge in [0.25, 0.3) is 0 Å². The van der Waals surface area contributed by atoms with Crippen LogP contribution < -0.4 is 0 Å². The van der Waals surface area contributed by atoms with E-state index in [0.717, 1.165) is 17.8 Å². The Morgan fingerprint density at radius 3 is 2.11 bits per heavy atom. The molecule has 0 aromatic carbocycles. The summed E-state index contributed by atoms with van der Waals surface area (Å²) in [4.78, 5) is 11.3. The van der Waals surface area contributed by atoms with Gasteiger partial charge in [-0.3, -0.25) is 0 Å². The quantitative estimate of drug-likeness (QED) is 0.566. The van der Waals surface area contributed by atoms with E-state index in [0.29, 0.717) is 12.0 Å². The molecule has 0 amide bonds. The van der Waals surface area contributed by atoms with Crippen molar-refractivity contribution in [2.75, 3.05) is 6.61 Å². The predicted molar refractivity (Wildman–Crippen MR) is 75.5 cm³/mol. The smallest absolute Gasteiger partial charge is 0.330 e. The molecule has 0 N–H and O–H groups in total. The molecule has 0 aromatic heterocycles. The Morgan fingerprint density at radius 1 is 1.21 bits per heavy atom. The lowest BCUT2D eigenvalue weighted by Gasteiger charge is -2.62. The van der Waals surface area contributed by atoms with Crippen LogP contribution in [0.15, 0.2) is 12.7 Å². The zero-order chi connectivity index (χ0) is 13.7. The van der Waals surface area contributed by atoms with Crippen LogP contribution in [-0.2, 0) is 9.53 Å². The molecule has 4 fully saturated rings. The molecule has 0 atom stereocenters. The summed E-state index contributed by atoms with van der Waals surface area (Å²) in [5.74, 6) is 2.56. The van der Waals surface area contributed by atoms with E-state index in [9.17, 15) is 4.79 Å². The molecule has 4 aliphatic carbocycles. The fourth-order valence-electron chi connectivity index (χ4n) is 5.40. The van der Waals surface area contributed by atoms with Gasteiger partial charge in [0.2, 0.25) is 0 Å². The van der Waals surface area contributed by atoms with Crippen molar-refractivity contribution < 1.29 is 9.53 Å². The molecule has 0 heterocycles. The Bertz CT molecular complexity index is 359. The SMILES string of the molecule is C=CC(=O)OCC(C)(C)C12CC3CC(CC(C3)C1)C2. The summed E-state index contributed by atoms with van der Waals surface area (Å²) >= 11 is 0. The second-order valence-electron chi connectivity index (χ2n) is 7.89. The van der Waals surface area contributed by atoms with Gasteiger partial charge in [-0.05, 0) is 61.7 Å². The molecule has 0 spiro atoms. The first-order valence-electron chi connectivity index (χ1n) is 7.73. The Labute approximate surface area is 116 Å². The predicted octanol–water partition coefficient (Wildman–Crippen LogP) is 3.96. The standard InChI is InChI=1S/C17H26O2/c1-4-15(18)19-11-16(2,3)17-8-12-5-13(9-17)7-14(6-12)10-17/h4,12-14H,1,5-11H2,2-3H3. The van der Waals surface area contributed by atoms with E-state index in [1.807, 2.05) is 0 Å². The largest absolute Gasteiger partial charge is 0.462 e. The van der Waals surface area contributed by atoms with Gasteiger partial charge >= 0.3 is 5.97 Å². The van der Waals surface area contributed by atoms with Gasteiger partial charge in [-0.15, -0.1) is 0 Å². The average Bonchev–Trinajstić information content (AvgIpc) is 2.34. The Balaban J connectivity index is 1.76. The van der Waals surface area contributed by atoms with Crippen molar-refractivity contribution in [2.24, 2.45) is 28.6 Å². The van der Waals surface area contributed by atoms with Crippen LogP contribution in [0.2, 0.25) is 0 Å². The topological polar surface area (TPSA) is 26.3 Å². The summed E-state index contributed by atoms with van der Waals surface area (Å²) in [6.45, 7) is 8.63. The zero-order valence-corrected chi connectivity index (χ0v) is 12.3. The molecule has 0 aromatic rings. The maximum Gasteiger partial charge on any atom is 0.330 e. The monoisotopic (exact) mass is 262 g/mol. The highest BCUT2D eigenvalue weighted by Gasteiger charge is 2.57. The van der Waals surface area contributed by atoms with Gasteiger partial charge in [-0.2, -0.15) is 0 Å². The minimum absolute atomic E-state index is 0.0989. The van der Waals surface area contributed by atoms with Crippen LogP contribution in [0.25, 0.3) is 0 Å². The van der Waals surface area contributed by atoms with Crippen LogP contribution in [0.3, 0.4) is 0 Å². The fourth-order valence-corrected chi connectivity index (χ4v) is 5.40. The van der Waals surface area contributed by atoms with Crippen molar-refractivity contribution >= 4 is 5.97 Å². The van der Waals surface area contributed by atoms with Gasteiger partial charge in [0.15, 0.2) is 0 Å². The third-order valence-electron chi connectivity index (χ3n) is 6.22. The summed E-state index contributed by atoms with van der Waals surface area (Å²) in [6.07, 6.45) is 9.73. The molecule has 4 bridgehead atoms. The highest BCUT2D eigenvalue weighted by atomic mass is 16.5. The van der Waals surface area contributed by atoms with Crippen molar-refractivity contribution in [3.8, 4) is 0 Å². The number of esters is 1. The second kappa shape index (κ2) is 4.36. The molecular weight excluding hydrogens is 236 g/mol. The molecule has 4 rings (SSSR count). The fraction of sp³-hybridized carbons (Fsp3) is 0.824. The first-order valence-corrected chi connectivity index (χ1v) is 7.73. The highest BCUT2D eigenvalue weighted by Crippen LogP contribution is 2.65. The van der Waals surface area contributed by atoms with Gasteiger partial charge < -0.3 is 4.74 Å². The van der Waals surface area contributed by atoms with Crippen LogP contribution in [0.4, 0.5) is 0 Å². The van der Waals surface area contributed by atoms with E-state index < -0.39 is 0 Å². The van der Waals surface area contributed by atoms with E-state index in [4.69, 9.17) is 4.74 Å². The summed E-state index contributed by atoms with van der Waals surface area (Å²) in [7, 11) is 0. The van der Waals surface area contributed by atoms with E-state index in [2.05, 4.69) is 20.4 Å². The van der Waals surface area contributed by atoms with Gasteiger partial charge in [-0.25, -0.2) is 4.79 Å². The van der Waals surface area contributed by atoms with Crippen LogP contribution in [0, 0.1) is 28.6 Å². The number of carbonyl (C=O) groups is 1. The summed E-state index contributed by atoms with van der Waals surface area (Å²) in [5.41, 5.74) is 0.519. The minimum Gasteiger partial charge on any atom is -0.462 e. The molecule has 19 heavy (non-hydrogen) atoms. The molecule has 106 valence electrons. The summed E-state index contributed by atoms with van der Waals surface area (Å²) in [6, 6.07) is 0. The Morgan fingerprint density at radius 2 is 1.68 bits per heavy atom. The van der Waals surface area contributed by atoms with Crippen molar-refractivity contribution in [1.82, 2.24) is 0 Å². The van der Waals surface area contributed by atoms with E-state index in [1.54, 1.807) is 0 Å². The van der Waals surface area contributed by atoms with Gasteiger partial charge in [-0.1, -0.05) is 20.4 Å². The molecule has 0 unspecified atom stereocenters. The number of hydrogen-bond acceptors (Lipinski definition) is 2. The number of rotatable bonds is 4. The Hall–Kier alpha value is -0.790. The minimum atomic E-state index is -0.280. The molecule has 2 heteroatoms. The first-order chi connectivity index (χ1) is 8.94. The lowest BCUT2D eigenvalue weighted by Crippen LogP contribution is -2.54. The van der Waals surface area contributed by atoms with Crippen LogP contribution in [-0.4, -0.2) is 12.6 Å². The molecular formula is C17H26O2. The highest BCUT2D eigenvalue weighted by molar-refractivity contribution is 5.81. The van der Waals surface area contributed by atoms with Gasteiger partial charge in [0.05, 0.1) is 6.61 Å². The van der Waals surface area contributed by atoms with Crippen molar-refractivity contribution in [3.63, 3.8) is 0 Å². The van der Waals surface area contributed by atoms with Crippen molar-refractivity contribution in [1.29, 1.82) is 0 Å². The number of hydrogen-bond donors (Lipinski definition) is 0.